The Bertz CT molecular complexity index is 1510. The van der Waals surface area contributed by atoms with Crippen molar-refractivity contribution < 1.29 is 14.3 Å². The summed E-state index contributed by atoms with van der Waals surface area (Å²) in [6.07, 6.45) is 3.27. The monoisotopic (exact) mass is 526 g/mol. The van der Waals surface area contributed by atoms with E-state index in [4.69, 9.17) is 4.74 Å². The molecule has 0 bridgehead atoms. The van der Waals surface area contributed by atoms with Crippen LogP contribution in [0.4, 0.5) is 17.1 Å². The van der Waals surface area contributed by atoms with E-state index in [1.165, 1.54) is 5.56 Å². The predicted octanol–water partition coefficient (Wildman–Crippen LogP) is 5.78. The number of carbonyl (C=O) groups is 2. The molecule has 0 radical (unpaired) electrons. The number of hydrogen-bond donors (Lipinski definition) is 3. The first-order valence-corrected chi connectivity index (χ1v) is 13.3. The van der Waals surface area contributed by atoms with E-state index in [0.717, 1.165) is 42.0 Å². The number of ether oxygens (including phenoxy) is 1. The Morgan fingerprint density at radius 1 is 1.13 bits per heavy atom. The summed E-state index contributed by atoms with van der Waals surface area (Å²) in [5, 5.41) is 14.4. The second-order valence-electron chi connectivity index (χ2n) is 10.3. The number of rotatable bonds is 7. The summed E-state index contributed by atoms with van der Waals surface area (Å²) in [5.41, 5.74) is 5.80. The van der Waals surface area contributed by atoms with Gasteiger partial charge in [0.05, 0.1) is 12.2 Å². The number of aryl methyl sites for hydroxylation is 1. The van der Waals surface area contributed by atoms with E-state index in [-0.39, 0.29) is 17.9 Å². The molecule has 4 aromatic rings. The number of H-pyrrole nitrogens is 1. The lowest BCUT2D eigenvalue weighted by Crippen LogP contribution is -2.43. The van der Waals surface area contributed by atoms with Crippen LogP contribution >= 0.6 is 0 Å². The van der Waals surface area contributed by atoms with Crippen LogP contribution in [0.5, 0.6) is 5.88 Å². The smallest absolute Gasteiger partial charge is 0.255 e. The molecule has 3 heterocycles. The van der Waals surface area contributed by atoms with Crippen LogP contribution in [0, 0.1) is 6.92 Å². The number of aromatic nitrogens is 3. The van der Waals surface area contributed by atoms with E-state index in [1.807, 2.05) is 36.4 Å². The quantitative estimate of drug-likeness (QED) is 0.282. The van der Waals surface area contributed by atoms with Gasteiger partial charge < -0.3 is 20.3 Å². The van der Waals surface area contributed by atoms with Crippen LogP contribution in [0.3, 0.4) is 0 Å². The van der Waals surface area contributed by atoms with E-state index >= 15 is 0 Å². The molecule has 1 atom stereocenters. The number of fused-ring (bicyclic) bond motifs is 1. The lowest BCUT2D eigenvalue weighted by atomic mass is 9.97. The Balaban J connectivity index is 1.34. The number of amides is 2. The highest BCUT2D eigenvalue weighted by atomic mass is 16.5. The van der Waals surface area contributed by atoms with Crippen LogP contribution in [0.2, 0.25) is 0 Å². The molecular weight excluding hydrogens is 492 g/mol. The number of benzene rings is 2. The summed E-state index contributed by atoms with van der Waals surface area (Å²) in [7, 11) is 0. The molecule has 1 unspecified atom stereocenters. The molecule has 1 aliphatic heterocycles. The maximum atomic E-state index is 13.1. The molecule has 2 aromatic heterocycles. The van der Waals surface area contributed by atoms with Crippen molar-refractivity contribution in [1.29, 1.82) is 0 Å². The molecule has 202 valence electrons. The van der Waals surface area contributed by atoms with Gasteiger partial charge in [-0.2, -0.15) is 0 Å². The first-order chi connectivity index (χ1) is 18.8. The Morgan fingerprint density at radius 2 is 1.97 bits per heavy atom. The lowest BCUT2D eigenvalue weighted by molar-refractivity contribution is -0.131. The molecule has 39 heavy (non-hydrogen) atoms. The lowest BCUT2D eigenvalue weighted by Gasteiger charge is -2.31. The number of anilines is 3. The summed E-state index contributed by atoms with van der Waals surface area (Å²) >= 11 is 0. The average molecular weight is 527 g/mol. The standard InChI is InChI=1S/C30H34N6O3/c1-18(2)25-11-10-23(15-19(25)3)33-29(38)21-7-5-8-22(16-21)32-26-12-13-31-28-27(26)30(35-34-28)39-24-9-6-14-36(17-24)20(4)37/h5,7-8,10-13,15-16,18,24H,6,9,14,17H2,1-4H3,(H,33,38)(H2,31,32,34,35). The minimum absolute atomic E-state index is 0.0471. The molecule has 1 fully saturated rings. The fraction of sp³-hybridized carbons (Fsp3) is 0.333. The Hall–Kier alpha value is -4.40. The summed E-state index contributed by atoms with van der Waals surface area (Å²) in [6, 6.07) is 15.2. The van der Waals surface area contributed by atoms with Crippen molar-refractivity contribution in [2.45, 2.75) is 52.6 Å². The number of nitrogens with one attached hydrogen (secondary N) is 3. The van der Waals surface area contributed by atoms with E-state index in [1.54, 1.807) is 24.1 Å². The number of hydrogen-bond acceptors (Lipinski definition) is 6. The SMILES string of the molecule is CC(=O)N1CCCC(Oc2n[nH]c3nccc(Nc4cccc(C(=O)Nc5ccc(C(C)C)c(C)c5)c4)c23)C1. The van der Waals surface area contributed by atoms with Crippen LogP contribution in [0.15, 0.2) is 54.7 Å². The molecule has 3 N–H and O–H groups in total. The Kier molecular flexibility index (Phi) is 7.49. The number of nitrogens with zero attached hydrogens (tertiary/aromatic N) is 3. The van der Waals surface area contributed by atoms with Gasteiger partial charge in [0.25, 0.3) is 5.91 Å². The maximum absolute atomic E-state index is 13.1. The largest absolute Gasteiger partial charge is 0.471 e. The van der Waals surface area contributed by atoms with E-state index < -0.39 is 0 Å². The summed E-state index contributed by atoms with van der Waals surface area (Å²) in [4.78, 5) is 31.1. The minimum atomic E-state index is -0.185. The summed E-state index contributed by atoms with van der Waals surface area (Å²) in [5.74, 6) is 0.724. The van der Waals surface area contributed by atoms with Gasteiger partial charge in [0, 0.05) is 36.6 Å². The number of carbonyl (C=O) groups excluding carboxylic acids is 2. The van der Waals surface area contributed by atoms with Gasteiger partial charge in [0.15, 0.2) is 5.65 Å². The number of pyridine rings is 1. The van der Waals surface area contributed by atoms with Gasteiger partial charge in [-0.1, -0.05) is 26.0 Å². The fourth-order valence-electron chi connectivity index (χ4n) is 5.09. The second-order valence-corrected chi connectivity index (χ2v) is 10.3. The highest BCUT2D eigenvalue weighted by Crippen LogP contribution is 2.33. The zero-order chi connectivity index (χ0) is 27.5. The zero-order valence-corrected chi connectivity index (χ0v) is 22.7. The first-order valence-electron chi connectivity index (χ1n) is 13.3. The molecule has 9 nitrogen and oxygen atoms in total. The van der Waals surface area contributed by atoms with Gasteiger partial charge in [-0.15, -0.1) is 5.10 Å². The number of piperidine rings is 1. The van der Waals surface area contributed by atoms with Gasteiger partial charge in [0.2, 0.25) is 11.8 Å². The Morgan fingerprint density at radius 3 is 2.74 bits per heavy atom. The highest BCUT2D eigenvalue weighted by Gasteiger charge is 2.25. The van der Waals surface area contributed by atoms with Gasteiger partial charge in [-0.05, 0) is 73.2 Å². The topological polar surface area (TPSA) is 112 Å². The van der Waals surface area contributed by atoms with Crippen molar-refractivity contribution in [3.63, 3.8) is 0 Å². The van der Waals surface area contributed by atoms with E-state index in [9.17, 15) is 9.59 Å². The van der Waals surface area contributed by atoms with Gasteiger partial charge in [0.1, 0.15) is 11.5 Å². The molecule has 1 aliphatic rings. The van der Waals surface area contributed by atoms with Crippen LogP contribution in [0.1, 0.15) is 61.0 Å². The molecule has 0 aliphatic carbocycles. The van der Waals surface area contributed by atoms with Gasteiger partial charge in [-0.25, -0.2) is 4.98 Å². The maximum Gasteiger partial charge on any atom is 0.255 e. The van der Waals surface area contributed by atoms with E-state index in [0.29, 0.717) is 34.9 Å². The van der Waals surface area contributed by atoms with Crippen LogP contribution in [-0.4, -0.2) is 51.1 Å². The molecule has 2 amide bonds. The predicted molar refractivity (Wildman–Crippen MR) is 153 cm³/mol. The minimum Gasteiger partial charge on any atom is -0.471 e. The third-order valence-corrected chi connectivity index (χ3v) is 7.08. The third-order valence-electron chi connectivity index (χ3n) is 7.08. The normalized spacial score (nSPS) is 15.4. The summed E-state index contributed by atoms with van der Waals surface area (Å²) in [6.45, 7) is 9.24. The molecule has 2 aromatic carbocycles. The van der Waals surface area contributed by atoms with Crippen LogP contribution in [0.25, 0.3) is 11.0 Å². The molecule has 0 saturated carbocycles. The molecular formula is C30H34N6O3. The van der Waals surface area contributed by atoms with Crippen LogP contribution < -0.4 is 15.4 Å². The first kappa shape index (κ1) is 26.2. The van der Waals surface area contributed by atoms with Gasteiger partial charge in [-0.3, -0.25) is 14.7 Å². The Labute approximate surface area is 228 Å². The van der Waals surface area contributed by atoms with Gasteiger partial charge >= 0.3 is 0 Å². The van der Waals surface area contributed by atoms with Crippen molar-refractivity contribution in [3.05, 3.63) is 71.4 Å². The summed E-state index contributed by atoms with van der Waals surface area (Å²) < 4.78 is 6.25. The second kappa shape index (κ2) is 11.1. The zero-order valence-electron chi connectivity index (χ0n) is 22.7. The fourth-order valence-corrected chi connectivity index (χ4v) is 5.09. The van der Waals surface area contributed by atoms with E-state index in [2.05, 4.69) is 52.7 Å². The van der Waals surface area contributed by atoms with Crippen LogP contribution in [-0.2, 0) is 4.79 Å². The van der Waals surface area contributed by atoms with Crippen molar-refractivity contribution in [3.8, 4) is 5.88 Å². The molecule has 5 rings (SSSR count). The molecule has 9 heteroatoms. The van der Waals surface area contributed by atoms with Crippen molar-refractivity contribution in [1.82, 2.24) is 20.1 Å². The number of likely N-dealkylation sites (tertiary alicyclic amines) is 1. The highest BCUT2D eigenvalue weighted by molar-refractivity contribution is 6.05. The average Bonchev–Trinajstić information content (AvgIpc) is 3.32. The van der Waals surface area contributed by atoms with Crippen molar-refractivity contribution >= 4 is 39.9 Å². The molecule has 1 saturated heterocycles. The molecule has 0 spiro atoms. The number of aromatic amines is 1. The van der Waals surface area contributed by atoms with Crippen molar-refractivity contribution in [2.24, 2.45) is 0 Å². The van der Waals surface area contributed by atoms with Crippen molar-refractivity contribution in [2.75, 3.05) is 23.7 Å². The third kappa shape index (κ3) is 5.87.